The molecule has 120 heavy (non-hydrogen) atoms. The van der Waals surface area contributed by atoms with Crippen molar-refractivity contribution in [3.63, 3.8) is 0 Å². The van der Waals surface area contributed by atoms with Gasteiger partial charge in [0, 0.05) is 50.7 Å². The summed E-state index contributed by atoms with van der Waals surface area (Å²) in [6, 6.07) is 24.1. The number of methoxy groups -OCH3 is 4. The highest BCUT2D eigenvalue weighted by Crippen LogP contribution is 2.44. The third kappa shape index (κ3) is 28.6. The summed E-state index contributed by atoms with van der Waals surface area (Å²) < 4.78 is 210. The summed E-state index contributed by atoms with van der Waals surface area (Å²) in [7, 11) is 5.22. The van der Waals surface area contributed by atoms with E-state index < -0.39 is 98.9 Å². The lowest BCUT2D eigenvalue weighted by molar-refractivity contribution is -0.272. The van der Waals surface area contributed by atoms with E-state index in [2.05, 4.69) is 18.6 Å². The van der Waals surface area contributed by atoms with Gasteiger partial charge < -0.3 is 86.0 Å². The lowest BCUT2D eigenvalue weighted by Crippen LogP contribution is -2.43. The molecule has 20 nitrogen and oxygen atoms in total. The molecule has 0 amide bonds. The standard InChI is InChI=1S/C46H56F8O10.C46H64O10/c1-6-26-20-29(61-25(3)60-26)22-30-21-28(19-24(2)55)62-33(63-30)15-13-11-9-7-8-10-12-14-18-59-32-23-27(57-4)16-17-31(32)46(56)64-45-42(53)38(49)35(39(50)43(45)54)34-36(47)40(51)44(58-5)41(52)37(34)48;1-6-36-28-41(53-33(3)52-36)30-42-29-40(27-32(2)47)54-45(55-42)15-13-11-9-7-8-10-12-14-26-51-44-31-39(50-5)24-25-43(44)46(48)56-38-22-18-35(19-23-38)34-16-20-37(49-4)21-17-34/h16-17,23-26,28-30,33,55H,6-15,18-22H2,1-5H3;16-25,31-33,36,40-42,45,47H,6-15,26-30H2,1-5H3. The first-order chi connectivity index (χ1) is 57.8. The van der Waals surface area contributed by atoms with Crippen LogP contribution in [0.5, 0.6) is 46.0 Å². The van der Waals surface area contributed by atoms with Crippen LogP contribution in [0, 0.1) is 46.5 Å². The molecule has 14 unspecified atom stereocenters. The number of halogens is 8. The van der Waals surface area contributed by atoms with E-state index in [0.29, 0.717) is 62.2 Å². The molecule has 4 aliphatic rings. The first-order valence-electron chi connectivity index (χ1n) is 42.5. The Morgan fingerprint density at radius 1 is 0.375 bits per heavy atom. The number of carbonyl (C=O) groups excluding carboxylic acids is 2. The average Bonchev–Trinajstić information content (AvgIpc) is 0.742. The van der Waals surface area contributed by atoms with Gasteiger partial charge in [0.2, 0.25) is 29.0 Å². The summed E-state index contributed by atoms with van der Waals surface area (Å²) in [5.74, 6) is -22.3. The van der Waals surface area contributed by atoms with Crippen LogP contribution in [-0.4, -0.2) is 150 Å². The number of hydrogen-bond donors (Lipinski definition) is 2. The van der Waals surface area contributed by atoms with Crippen molar-refractivity contribution >= 4 is 11.9 Å². The highest BCUT2D eigenvalue weighted by molar-refractivity contribution is 5.95. The molecule has 14 atom stereocenters. The maximum atomic E-state index is 15.2. The first-order valence-corrected chi connectivity index (χ1v) is 42.5. The van der Waals surface area contributed by atoms with Gasteiger partial charge in [-0.05, 0) is 152 Å². The SMILES string of the molecule is CCC1CC(CC2CC(CC(C)O)OC(CCCCCCCCCCOc3cc(OC)ccc3C(=O)Oc3c(F)c(F)c(-c4c(F)c(F)c(OC)c(F)c4F)c(F)c3F)O2)OC(C)O1.CCC1CC(CC2CC(CC(C)O)OC(CCCCCCCCCCOc3cc(OC)ccc3C(=O)Oc3ccc(-c4ccc(OC)cc4)cc3)O2)OC(C)O1. The predicted octanol–water partition coefficient (Wildman–Crippen LogP) is 21.3. The largest absolute Gasteiger partial charge is 0.497 e. The van der Waals surface area contributed by atoms with E-state index in [9.17, 15) is 37.4 Å². The highest BCUT2D eigenvalue weighted by atomic mass is 19.2. The van der Waals surface area contributed by atoms with Gasteiger partial charge in [-0.3, -0.25) is 0 Å². The van der Waals surface area contributed by atoms with Gasteiger partial charge in [-0.15, -0.1) is 0 Å². The molecule has 10 rings (SSSR count). The third-order valence-corrected chi connectivity index (χ3v) is 21.8. The minimum atomic E-state index is -2.51. The molecule has 4 fully saturated rings. The van der Waals surface area contributed by atoms with Crippen LogP contribution in [0.1, 0.15) is 242 Å². The van der Waals surface area contributed by atoms with Crippen LogP contribution < -0.4 is 37.9 Å². The number of benzene rings is 6. The molecule has 0 bridgehead atoms. The van der Waals surface area contributed by atoms with E-state index in [-0.39, 0.29) is 92.1 Å². The van der Waals surface area contributed by atoms with Gasteiger partial charge in [0.25, 0.3) is 0 Å². The lowest BCUT2D eigenvalue weighted by Gasteiger charge is -2.40. The smallest absolute Gasteiger partial charge is 0.347 e. The van der Waals surface area contributed by atoms with E-state index in [0.717, 1.165) is 158 Å². The molecule has 0 aliphatic carbocycles. The Morgan fingerprint density at radius 3 is 1.06 bits per heavy atom. The number of rotatable bonds is 44. The normalized spacial score (nSPS) is 22.3. The van der Waals surface area contributed by atoms with Crippen LogP contribution in [-0.2, 0) is 37.9 Å². The number of ether oxygens (including phenoxy) is 16. The van der Waals surface area contributed by atoms with Crippen molar-refractivity contribution in [2.24, 2.45) is 0 Å². The average molecular weight is 1700 g/mol. The van der Waals surface area contributed by atoms with Crippen molar-refractivity contribution in [1.29, 1.82) is 0 Å². The van der Waals surface area contributed by atoms with E-state index in [1.807, 2.05) is 57.2 Å². The molecule has 4 heterocycles. The minimum absolute atomic E-state index is 0.00110. The lowest BCUT2D eigenvalue weighted by atomic mass is 9.96. The third-order valence-electron chi connectivity index (χ3n) is 21.8. The second kappa shape index (κ2) is 48.8. The molecular formula is C92H120F8O20. The maximum Gasteiger partial charge on any atom is 0.347 e. The van der Waals surface area contributed by atoms with Gasteiger partial charge >= 0.3 is 11.9 Å². The van der Waals surface area contributed by atoms with Gasteiger partial charge in [0.05, 0.1) is 114 Å². The van der Waals surface area contributed by atoms with Crippen molar-refractivity contribution < 1.29 is 131 Å². The van der Waals surface area contributed by atoms with Crippen LogP contribution >= 0.6 is 0 Å². The summed E-state index contributed by atoms with van der Waals surface area (Å²) >= 11 is 0. The molecule has 0 spiro atoms. The fourth-order valence-electron chi connectivity index (χ4n) is 15.6. The molecule has 4 saturated heterocycles. The van der Waals surface area contributed by atoms with Crippen molar-refractivity contribution in [3.05, 3.63) is 143 Å². The molecular weight excluding hydrogens is 1580 g/mol. The second-order valence-corrected chi connectivity index (χ2v) is 31.3. The molecule has 0 radical (unpaired) electrons. The van der Waals surface area contributed by atoms with Crippen molar-refractivity contribution in [2.75, 3.05) is 41.7 Å². The van der Waals surface area contributed by atoms with Gasteiger partial charge in [0.15, 0.2) is 54.2 Å². The number of carbonyl (C=O) groups is 2. The Morgan fingerprint density at radius 2 is 0.692 bits per heavy atom. The van der Waals surface area contributed by atoms with Crippen LogP contribution in [0.15, 0.2) is 84.9 Å². The predicted molar refractivity (Wildman–Crippen MR) is 433 cm³/mol. The van der Waals surface area contributed by atoms with Gasteiger partial charge in [-0.25, -0.2) is 27.2 Å². The number of aliphatic hydroxyl groups excluding tert-OH is 2. The molecule has 664 valence electrons. The van der Waals surface area contributed by atoms with E-state index in [1.165, 1.54) is 38.5 Å². The second-order valence-electron chi connectivity index (χ2n) is 31.3. The number of hydrogen-bond acceptors (Lipinski definition) is 20. The van der Waals surface area contributed by atoms with E-state index in [4.69, 9.17) is 71.1 Å². The van der Waals surface area contributed by atoms with Crippen LogP contribution in [0.2, 0.25) is 0 Å². The summed E-state index contributed by atoms with van der Waals surface area (Å²) in [6.45, 7) is 12.3. The zero-order valence-electron chi connectivity index (χ0n) is 70.6. The molecule has 6 aromatic carbocycles. The summed E-state index contributed by atoms with van der Waals surface area (Å²) in [5, 5.41) is 20.1. The van der Waals surface area contributed by atoms with Gasteiger partial charge in [-0.1, -0.05) is 115 Å². The quantitative estimate of drug-likeness (QED) is 0.0119. The fourth-order valence-corrected chi connectivity index (χ4v) is 15.6. The zero-order valence-corrected chi connectivity index (χ0v) is 70.6. The highest BCUT2D eigenvalue weighted by Gasteiger charge is 2.40. The van der Waals surface area contributed by atoms with Crippen LogP contribution in [0.25, 0.3) is 22.3 Å². The minimum Gasteiger partial charge on any atom is -0.497 e. The number of unbranched alkanes of at least 4 members (excludes halogenated alkanes) is 14. The van der Waals surface area contributed by atoms with E-state index >= 15 is 17.6 Å². The molecule has 6 aromatic rings. The Bertz CT molecular complexity index is 4080. The molecule has 0 saturated carbocycles. The fraction of sp³-hybridized carbons (Fsp3) is 0.587. The number of esters is 2. The van der Waals surface area contributed by atoms with Crippen LogP contribution in [0.4, 0.5) is 35.1 Å². The Labute approximate surface area is 699 Å². The van der Waals surface area contributed by atoms with Crippen molar-refractivity contribution in [1.82, 2.24) is 0 Å². The van der Waals surface area contributed by atoms with Gasteiger partial charge in [-0.2, -0.15) is 17.6 Å². The topological polar surface area (TPSA) is 222 Å². The Kier molecular flexibility index (Phi) is 39.0. The first kappa shape index (κ1) is 95.9. The molecule has 28 heteroatoms. The maximum absolute atomic E-state index is 15.2. The Hall–Kier alpha value is -7.90. The summed E-state index contributed by atoms with van der Waals surface area (Å²) in [6.07, 6.45) is 23.9. The summed E-state index contributed by atoms with van der Waals surface area (Å²) in [5.41, 5.74) is -2.25. The molecule has 2 N–H and O–H groups in total. The monoisotopic (exact) mass is 1700 g/mol. The van der Waals surface area contributed by atoms with Crippen molar-refractivity contribution in [2.45, 2.75) is 308 Å². The van der Waals surface area contributed by atoms with Crippen LogP contribution in [0.3, 0.4) is 0 Å². The summed E-state index contributed by atoms with van der Waals surface area (Å²) in [4.78, 5) is 26.4. The number of aliphatic hydroxyl groups is 2. The van der Waals surface area contributed by atoms with Gasteiger partial charge in [0.1, 0.15) is 45.6 Å². The van der Waals surface area contributed by atoms with E-state index in [1.54, 1.807) is 51.5 Å². The Balaban J connectivity index is 0.000000275. The zero-order chi connectivity index (χ0) is 86.4. The van der Waals surface area contributed by atoms with Crippen molar-refractivity contribution in [3.8, 4) is 68.2 Å². The molecule has 0 aromatic heterocycles. The molecule has 4 aliphatic heterocycles.